The van der Waals surface area contributed by atoms with Gasteiger partial charge in [-0.3, -0.25) is 19.4 Å². The van der Waals surface area contributed by atoms with Gasteiger partial charge in [0, 0.05) is 11.3 Å². The van der Waals surface area contributed by atoms with Crippen LogP contribution in [0.5, 0.6) is 0 Å². The molecule has 2 aromatic carbocycles. The maximum Gasteiger partial charge on any atom is 0.259 e. The van der Waals surface area contributed by atoms with Crippen LogP contribution in [-0.2, 0) is 20.9 Å². The number of aryl methyl sites for hydroxylation is 1. The van der Waals surface area contributed by atoms with Gasteiger partial charge in [-0.15, -0.1) is 0 Å². The molecule has 1 aromatic heterocycles. The van der Waals surface area contributed by atoms with Gasteiger partial charge in [-0.1, -0.05) is 43.0 Å². The van der Waals surface area contributed by atoms with E-state index in [1.165, 1.54) is 22.9 Å². The van der Waals surface area contributed by atoms with Crippen molar-refractivity contribution in [3.05, 3.63) is 83.8 Å². The van der Waals surface area contributed by atoms with Gasteiger partial charge in [-0.05, 0) is 55.3 Å². The molecule has 10 heteroatoms. The van der Waals surface area contributed by atoms with Crippen LogP contribution in [0.1, 0.15) is 36.7 Å². The number of amidine groups is 2. The number of thioether (sulfide) groups is 1. The van der Waals surface area contributed by atoms with Gasteiger partial charge in [0.25, 0.3) is 5.91 Å². The van der Waals surface area contributed by atoms with E-state index in [9.17, 15) is 14.4 Å². The van der Waals surface area contributed by atoms with Gasteiger partial charge in [-0.25, -0.2) is 9.89 Å². The summed E-state index contributed by atoms with van der Waals surface area (Å²) in [6.07, 6.45) is 1.95. The molecule has 3 heterocycles. The summed E-state index contributed by atoms with van der Waals surface area (Å²) in [5, 5.41) is 5.61. The van der Waals surface area contributed by atoms with Crippen LogP contribution in [0, 0.1) is 6.92 Å². The fraction of sp³-hybridized carbons (Fsp3) is 0.250. The Morgan fingerprint density at radius 1 is 1.13 bits per heavy atom. The topological polar surface area (TPSA) is 116 Å². The highest BCUT2D eigenvalue weighted by molar-refractivity contribution is 8.15. The second-order valence-corrected chi connectivity index (χ2v) is 10.2. The van der Waals surface area contributed by atoms with E-state index >= 15 is 0 Å². The Balaban J connectivity index is 1.35. The summed E-state index contributed by atoms with van der Waals surface area (Å²) >= 11 is 1.22. The molecule has 0 radical (unpaired) electrons. The van der Waals surface area contributed by atoms with E-state index in [-0.39, 0.29) is 30.7 Å². The molecule has 0 spiro atoms. The Hall–Kier alpha value is -4.18. The molecule has 5 rings (SSSR count). The molecule has 2 N–H and O–H groups in total. The lowest BCUT2D eigenvalue weighted by Gasteiger charge is -2.27. The van der Waals surface area contributed by atoms with Gasteiger partial charge in [0.2, 0.25) is 11.8 Å². The third-order valence-electron chi connectivity index (χ3n) is 6.16. The van der Waals surface area contributed by atoms with Crippen LogP contribution in [0.2, 0.25) is 0 Å². The normalized spacial score (nSPS) is 16.7. The molecule has 194 valence electrons. The summed E-state index contributed by atoms with van der Waals surface area (Å²) < 4.78 is 5.25. The second-order valence-electron chi connectivity index (χ2n) is 8.99. The SMILES string of the molecule is CC[C@H](SC1=Nc2ccccc2C2=N[C@H](CC(=O)NCc3ccco3)C(=O)N12)C(=O)Nc1cccc(C)c1. The second kappa shape index (κ2) is 11.1. The number of nitrogens with one attached hydrogen (secondary N) is 2. The minimum absolute atomic E-state index is 0.106. The molecule has 0 fully saturated rings. The van der Waals surface area contributed by atoms with Gasteiger partial charge < -0.3 is 15.1 Å². The Kier molecular flexibility index (Phi) is 7.41. The Morgan fingerprint density at radius 3 is 2.74 bits per heavy atom. The predicted octanol–water partition coefficient (Wildman–Crippen LogP) is 4.40. The summed E-state index contributed by atoms with van der Waals surface area (Å²) in [5.74, 6) is 0.230. The molecule has 0 saturated heterocycles. The van der Waals surface area contributed by atoms with Gasteiger partial charge in [-0.2, -0.15) is 0 Å². The smallest absolute Gasteiger partial charge is 0.259 e. The number of para-hydroxylation sites is 1. The van der Waals surface area contributed by atoms with Gasteiger partial charge in [0.15, 0.2) is 5.17 Å². The van der Waals surface area contributed by atoms with E-state index in [0.717, 1.165) is 5.56 Å². The largest absolute Gasteiger partial charge is 0.467 e. The van der Waals surface area contributed by atoms with E-state index in [2.05, 4.69) is 15.6 Å². The first-order valence-electron chi connectivity index (χ1n) is 12.4. The minimum atomic E-state index is -0.889. The van der Waals surface area contributed by atoms with Crippen molar-refractivity contribution >= 4 is 51.9 Å². The monoisotopic (exact) mass is 529 g/mol. The van der Waals surface area contributed by atoms with E-state index in [1.807, 2.05) is 62.4 Å². The zero-order valence-electron chi connectivity index (χ0n) is 21.0. The van der Waals surface area contributed by atoms with Crippen LogP contribution in [0.25, 0.3) is 0 Å². The first kappa shape index (κ1) is 25.5. The number of aliphatic imine (C=N–C) groups is 2. The Bertz CT molecular complexity index is 1430. The van der Waals surface area contributed by atoms with Crippen molar-refractivity contribution in [2.45, 2.75) is 44.5 Å². The van der Waals surface area contributed by atoms with Crippen molar-refractivity contribution < 1.29 is 18.8 Å². The van der Waals surface area contributed by atoms with E-state index in [1.54, 1.807) is 12.1 Å². The fourth-order valence-electron chi connectivity index (χ4n) is 4.26. The first-order valence-corrected chi connectivity index (χ1v) is 13.2. The van der Waals surface area contributed by atoms with Crippen LogP contribution >= 0.6 is 11.8 Å². The lowest BCUT2D eigenvalue weighted by molar-refractivity contribution is -0.128. The maximum atomic E-state index is 13.5. The van der Waals surface area contributed by atoms with E-state index in [0.29, 0.717) is 40.1 Å². The van der Waals surface area contributed by atoms with Crippen LogP contribution in [0.3, 0.4) is 0 Å². The average Bonchev–Trinajstić information content (AvgIpc) is 3.54. The molecular formula is C28H27N5O4S. The van der Waals surface area contributed by atoms with Crippen molar-refractivity contribution in [1.29, 1.82) is 0 Å². The summed E-state index contributed by atoms with van der Waals surface area (Å²) in [6.45, 7) is 4.11. The highest BCUT2D eigenvalue weighted by Crippen LogP contribution is 2.35. The van der Waals surface area contributed by atoms with Crippen LogP contribution in [0.4, 0.5) is 11.4 Å². The number of fused-ring (bicyclic) bond motifs is 3. The lowest BCUT2D eigenvalue weighted by atomic mass is 10.1. The van der Waals surface area contributed by atoms with Crippen LogP contribution in [-0.4, -0.2) is 44.9 Å². The molecule has 3 amide bonds. The molecule has 2 atom stereocenters. The zero-order chi connectivity index (χ0) is 26.6. The number of anilines is 1. The minimum Gasteiger partial charge on any atom is -0.467 e. The van der Waals surface area contributed by atoms with Crippen molar-refractivity contribution in [3.63, 3.8) is 0 Å². The molecule has 3 aromatic rings. The maximum absolute atomic E-state index is 13.5. The highest BCUT2D eigenvalue weighted by Gasteiger charge is 2.43. The zero-order valence-corrected chi connectivity index (χ0v) is 21.8. The third-order valence-corrected chi connectivity index (χ3v) is 7.48. The number of amides is 3. The number of hydrogen-bond acceptors (Lipinski definition) is 7. The summed E-state index contributed by atoms with van der Waals surface area (Å²) in [5.41, 5.74) is 3.13. The van der Waals surface area contributed by atoms with Gasteiger partial charge >= 0.3 is 0 Å². The van der Waals surface area contributed by atoms with Crippen LogP contribution in [0.15, 0.2) is 81.3 Å². The van der Waals surface area contributed by atoms with Crippen molar-refractivity contribution in [2.24, 2.45) is 9.98 Å². The molecule has 0 aliphatic carbocycles. The average molecular weight is 530 g/mol. The predicted molar refractivity (Wildman–Crippen MR) is 147 cm³/mol. The number of furan rings is 1. The van der Waals surface area contributed by atoms with Gasteiger partial charge in [0.1, 0.15) is 17.6 Å². The highest BCUT2D eigenvalue weighted by atomic mass is 32.2. The van der Waals surface area contributed by atoms with E-state index < -0.39 is 11.3 Å². The first-order chi connectivity index (χ1) is 18.4. The number of carbonyl (C=O) groups excluding carboxylic acids is 3. The molecule has 9 nitrogen and oxygen atoms in total. The van der Waals surface area contributed by atoms with E-state index in [4.69, 9.17) is 9.41 Å². The van der Waals surface area contributed by atoms with Crippen LogP contribution < -0.4 is 10.6 Å². The summed E-state index contributed by atoms with van der Waals surface area (Å²) in [4.78, 5) is 50.1. The quantitative estimate of drug-likeness (QED) is 0.449. The molecule has 0 bridgehead atoms. The third kappa shape index (κ3) is 5.40. The Labute approximate surface area is 224 Å². The molecule has 0 unspecified atom stereocenters. The van der Waals surface area contributed by atoms with Crippen molar-refractivity contribution in [2.75, 3.05) is 5.32 Å². The molecule has 38 heavy (non-hydrogen) atoms. The molecule has 2 aliphatic heterocycles. The molecular weight excluding hydrogens is 502 g/mol. The lowest BCUT2D eigenvalue weighted by Crippen LogP contribution is -2.43. The molecule has 0 saturated carbocycles. The summed E-state index contributed by atoms with van der Waals surface area (Å²) in [7, 11) is 0. The fourth-order valence-corrected chi connectivity index (χ4v) is 5.28. The number of hydrogen-bond donors (Lipinski definition) is 2. The number of benzene rings is 2. The number of nitrogens with zero attached hydrogens (tertiary/aromatic N) is 3. The van der Waals surface area contributed by atoms with Crippen molar-refractivity contribution in [3.8, 4) is 0 Å². The summed E-state index contributed by atoms with van der Waals surface area (Å²) in [6, 6.07) is 17.6. The Morgan fingerprint density at radius 2 is 1.97 bits per heavy atom. The molecule has 2 aliphatic rings. The number of rotatable bonds is 8. The number of carbonyl (C=O) groups is 3. The standard InChI is InChI=1S/C28H27N5O4S/c1-3-23(26(35)30-18-9-6-8-17(2)14-18)38-28-32-21-12-5-4-11-20(21)25-31-22(27(36)33(25)28)15-24(34)29-16-19-10-7-13-37-19/h4-14,22-23H,3,15-16H2,1-2H3,(H,29,34)(H,30,35)/t22-,23+/m1/s1. The van der Waals surface area contributed by atoms with Gasteiger partial charge in [0.05, 0.1) is 30.2 Å². The van der Waals surface area contributed by atoms with Crippen molar-refractivity contribution in [1.82, 2.24) is 10.2 Å².